The minimum absolute atomic E-state index is 0.134. The molecule has 2 aromatic carbocycles. The van der Waals surface area contributed by atoms with Crippen molar-refractivity contribution in [1.82, 2.24) is 5.32 Å². The first kappa shape index (κ1) is 16.8. The summed E-state index contributed by atoms with van der Waals surface area (Å²) in [5, 5.41) is 5.12. The molecule has 0 spiro atoms. The van der Waals surface area contributed by atoms with Crippen LogP contribution in [0.2, 0.25) is 0 Å². The zero-order chi connectivity index (χ0) is 18.0. The van der Waals surface area contributed by atoms with Crippen molar-refractivity contribution in [3.05, 3.63) is 59.2 Å². The Morgan fingerprint density at radius 2 is 1.96 bits per heavy atom. The number of rotatable bonds is 2. The Bertz CT molecular complexity index is 834. The average Bonchev–Trinajstić information content (AvgIpc) is 2.76. The Morgan fingerprint density at radius 1 is 1.16 bits per heavy atom. The largest absolute Gasteiger partial charge is 0.491 e. The molecule has 0 unspecified atom stereocenters. The fraction of sp³-hybridized carbons (Fsp3) is 0.176. The van der Waals surface area contributed by atoms with Crippen molar-refractivity contribution in [2.24, 2.45) is 0 Å². The van der Waals surface area contributed by atoms with Gasteiger partial charge >= 0.3 is 6.18 Å². The number of amides is 2. The first-order valence-electron chi connectivity index (χ1n) is 7.38. The van der Waals surface area contributed by atoms with Crippen LogP contribution in [-0.2, 0) is 6.18 Å². The van der Waals surface area contributed by atoms with Crippen molar-refractivity contribution in [2.75, 3.05) is 18.5 Å². The summed E-state index contributed by atoms with van der Waals surface area (Å²) in [6.07, 6.45) is -4.53. The number of hydrogen-bond donors (Lipinski definition) is 2. The molecule has 130 valence electrons. The highest BCUT2D eigenvalue weighted by atomic mass is 19.4. The van der Waals surface area contributed by atoms with E-state index in [2.05, 4.69) is 10.6 Å². The van der Waals surface area contributed by atoms with Gasteiger partial charge < -0.3 is 15.4 Å². The normalized spacial score (nSPS) is 14.0. The molecule has 25 heavy (non-hydrogen) atoms. The molecule has 0 aromatic heterocycles. The van der Waals surface area contributed by atoms with Gasteiger partial charge in [0.15, 0.2) is 0 Å². The molecular weight excluding hydrogens is 337 g/mol. The molecule has 8 heteroatoms. The number of hydrogen-bond acceptors (Lipinski definition) is 3. The predicted octanol–water partition coefficient (Wildman–Crippen LogP) is 3.08. The molecule has 0 bridgehead atoms. The van der Waals surface area contributed by atoms with Gasteiger partial charge in [0.25, 0.3) is 11.8 Å². The Morgan fingerprint density at radius 3 is 2.72 bits per heavy atom. The first-order valence-corrected chi connectivity index (χ1v) is 7.38. The molecule has 0 saturated heterocycles. The zero-order valence-electron chi connectivity index (χ0n) is 12.8. The van der Waals surface area contributed by atoms with Crippen LogP contribution in [0.15, 0.2) is 42.5 Å². The number of anilines is 1. The fourth-order valence-corrected chi connectivity index (χ4v) is 2.37. The summed E-state index contributed by atoms with van der Waals surface area (Å²) in [6.45, 7) is 0.689. The molecule has 1 heterocycles. The summed E-state index contributed by atoms with van der Waals surface area (Å²) in [5.74, 6) is -0.671. The van der Waals surface area contributed by atoms with E-state index in [4.69, 9.17) is 4.74 Å². The first-order chi connectivity index (χ1) is 11.8. The van der Waals surface area contributed by atoms with Gasteiger partial charge in [-0.1, -0.05) is 6.07 Å². The predicted molar refractivity (Wildman–Crippen MR) is 83.7 cm³/mol. The Labute approximate surface area is 140 Å². The van der Waals surface area contributed by atoms with Crippen LogP contribution in [0.1, 0.15) is 26.3 Å². The van der Waals surface area contributed by atoms with E-state index in [1.807, 2.05) is 0 Å². The highest BCUT2D eigenvalue weighted by molar-refractivity contribution is 6.05. The highest BCUT2D eigenvalue weighted by Crippen LogP contribution is 2.30. The molecule has 2 N–H and O–H groups in total. The number of benzene rings is 2. The standard InChI is InChI=1S/C17H13F3N2O3/c18-17(19,20)11-3-1-2-10(8-11)15(23)22-12-4-5-14-13(9-12)16(24)21-6-7-25-14/h1-5,8-9H,6-7H2,(H,21,24)(H,22,23). The minimum Gasteiger partial charge on any atom is -0.491 e. The number of halogens is 3. The minimum atomic E-state index is -4.53. The lowest BCUT2D eigenvalue weighted by Crippen LogP contribution is -2.24. The molecular formula is C17H13F3N2O3. The summed E-state index contributed by atoms with van der Waals surface area (Å²) in [6, 6.07) is 8.57. The van der Waals surface area contributed by atoms with E-state index in [-0.39, 0.29) is 22.7 Å². The van der Waals surface area contributed by atoms with E-state index in [1.165, 1.54) is 24.3 Å². The van der Waals surface area contributed by atoms with Crippen molar-refractivity contribution >= 4 is 17.5 Å². The summed E-state index contributed by atoms with van der Waals surface area (Å²) in [5.41, 5.74) is -0.513. The quantitative estimate of drug-likeness (QED) is 0.875. The van der Waals surface area contributed by atoms with Crippen LogP contribution in [-0.4, -0.2) is 25.0 Å². The SMILES string of the molecule is O=C(Nc1ccc2c(c1)C(=O)NCCO2)c1cccc(C(F)(F)F)c1. The molecule has 5 nitrogen and oxygen atoms in total. The number of ether oxygens (including phenoxy) is 1. The van der Waals surface area contributed by atoms with Crippen LogP contribution in [0.25, 0.3) is 0 Å². The van der Waals surface area contributed by atoms with Crippen LogP contribution in [0.5, 0.6) is 5.75 Å². The molecule has 0 radical (unpaired) electrons. The maximum atomic E-state index is 12.7. The van der Waals surface area contributed by atoms with Crippen LogP contribution in [0.4, 0.5) is 18.9 Å². The molecule has 0 atom stereocenters. The Hall–Kier alpha value is -3.03. The molecule has 0 aliphatic carbocycles. The number of nitrogens with one attached hydrogen (secondary N) is 2. The number of alkyl halides is 3. The lowest BCUT2D eigenvalue weighted by molar-refractivity contribution is -0.137. The van der Waals surface area contributed by atoms with Gasteiger partial charge in [-0.25, -0.2) is 0 Å². The van der Waals surface area contributed by atoms with E-state index in [0.717, 1.165) is 18.2 Å². The molecule has 1 aliphatic heterocycles. The lowest BCUT2D eigenvalue weighted by Gasteiger charge is -2.11. The zero-order valence-corrected chi connectivity index (χ0v) is 12.8. The second kappa shape index (κ2) is 6.46. The summed E-state index contributed by atoms with van der Waals surface area (Å²) < 4.78 is 43.6. The highest BCUT2D eigenvalue weighted by Gasteiger charge is 2.31. The van der Waals surface area contributed by atoms with Gasteiger partial charge in [-0.3, -0.25) is 9.59 Å². The number of fused-ring (bicyclic) bond motifs is 1. The number of carbonyl (C=O) groups is 2. The van der Waals surface area contributed by atoms with Crippen molar-refractivity contribution in [3.8, 4) is 5.75 Å². The van der Waals surface area contributed by atoms with Gasteiger partial charge in [0, 0.05) is 11.3 Å². The summed E-state index contributed by atoms with van der Waals surface area (Å²) in [7, 11) is 0. The third-order valence-electron chi connectivity index (χ3n) is 3.58. The van der Waals surface area contributed by atoms with Crippen LogP contribution in [0.3, 0.4) is 0 Å². The van der Waals surface area contributed by atoms with Crippen molar-refractivity contribution in [1.29, 1.82) is 0 Å². The summed E-state index contributed by atoms with van der Waals surface area (Å²) >= 11 is 0. The Balaban J connectivity index is 1.83. The molecule has 0 saturated carbocycles. The van der Waals surface area contributed by atoms with Gasteiger partial charge in [0.05, 0.1) is 17.7 Å². The van der Waals surface area contributed by atoms with E-state index in [1.54, 1.807) is 0 Å². The Kier molecular flexibility index (Phi) is 4.35. The smallest absolute Gasteiger partial charge is 0.416 e. The van der Waals surface area contributed by atoms with Crippen LogP contribution in [0, 0.1) is 0 Å². The van der Waals surface area contributed by atoms with Crippen molar-refractivity contribution in [2.45, 2.75) is 6.18 Å². The molecule has 3 rings (SSSR count). The van der Waals surface area contributed by atoms with Gasteiger partial charge in [-0.15, -0.1) is 0 Å². The lowest BCUT2D eigenvalue weighted by atomic mass is 10.1. The van der Waals surface area contributed by atoms with E-state index >= 15 is 0 Å². The van der Waals surface area contributed by atoms with Gasteiger partial charge in [-0.05, 0) is 36.4 Å². The fourth-order valence-electron chi connectivity index (χ4n) is 2.37. The van der Waals surface area contributed by atoms with Crippen molar-refractivity contribution in [3.63, 3.8) is 0 Å². The van der Waals surface area contributed by atoms with Gasteiger partial charge in [-0.2, -0.15) is 13.2 Å². The van der Waals surface area contributed by atoms with Crippen LogP contribution < -0.4 is 15.4 Å². The second-order valence-corrected chi connectivity index (χ2v) is 5.35. The maximum absolute atomic E-state index is 12.7. The van der Waals surface area contributed by atoms with E-state index in [9.17, 15) is 22.8 Å². The summed E-state index contributed by atoms with van der Waals surface area (Å²) in [4.78, 5) is 24.1. The molecule has 0 fully saturated rings. The average molecular weight is 350 g/mol. The maximum Gasteiger partial charge on any atom is 0.416 e. The third-order valence-corrected chi connectivity index (χ3v) is 3.58. The van der Waals surface area contributed by atoms with E-state index < -0.39 is 17.6 Å². The second-order valence-electron chi connectivity index (χ2n) is 5.35. The molecule has 2 aromatic rings. The third kappa shape index (κ3) is 3.73. The van der Waals surface area contributed by atoms with Crippen molar-refractivity contribution < 1.29 is 27.5 Å². The molecule has 1 aliphatic rings. The number of carbonyl (C=O) groups excluding carboxylic acids is 2. The van der Waals surface area contributed by atoms with Gasteiger partial charge in [0.1, 0.15) is 12.4 Å². The molecule has 2 amide bonds. The topological polar surface area (TPSA) is 67.4 Å². The van der Waals surface area contributed by atoms with E-state index in [0.29, 0.717) is 18.9 Å². The van der Waals surface area contributed by atoms with Crippen LogP contribution >= 0.6 is 0 Å². The monoisotopic (exact) mass is 350 g/mol. The van der Waals surface area contributed by atoms with Gasteiger partial charge in [0.2, 0.25) is 0 Å².